The van der Waals surface area contributed by atoms with Crippen molar-refractivity contribution in [2.75, 3.05) is 7.11 Å². The third-order valence-corrected chi connectivity index (χ3v) is 7.21. The zero-order valence-electron chi connectivity index (χ0n) is 18.4. The fraction of sp³-hybridized carbons (Fsp3) is 0.308. The van der Waals surface area contributed by atoms with Gasteiger partial charge in [-0.25, -0.2) is 0 Å². The van der Waals surface area contributed by atoms with E-state index in [2.05, 4.69) is 25.2 Å². The molecule has 1 N–H and O–H groups in total. The van der Waals surface area contributed by atoms with Gasteiger partial charge in [-0.1, -0.05) is 49.7 Å². The number of allylic oxidation sites excluding steroid dienone is 3. The Hall–Kier alpha value is -2.68. The van der Waals surface area contributed by atoms with Gasteiger partial charge < -0.3 is 10.1 Å². The van der Waals surface area contributed by atoms with E-state index in [1.165, 1.54) is 0 Å². The molecule has 0 fully saturated rings. The summed E-state index contributed by atoms with van der Waals surface area (Å²) in [6, 6.07) is 17.8. The van der Waals surface area contributed by atoms with E-state index >= 15 is 0 Å². The van der Waals surface area contributed by atoms with Gasteiger partial charge in [0.25, 0.3) is 0 Å². The fourth-order valence-electron chi connectivity index (χ4n) is 4.36. The number of carbonyl (C=O) groups is 1. The quantitative estimate of drug-likeness (QED) is 0.558. The number of methoxy groups -OCH3 is 1. The Morgan fingerprint density at radius 1 is 1.16 bits per heavy atom. The first-order valence-electron chi connectivity index (χ1n) is 10.5. The average Bonchev–Trinajstić information content (AvgIpc) is 2.77. The predicted octanol–water partition coefficient (Wildman–Crippen LogP) is 6.35. The summed E-state index contributed by atoms with van der Waals surface area (Å²) < 4.78 is 5.30. The van der Waals surface area contributed by atoms with E-state index < -0.39 is 0 Å². The maximum absolute atomic E-state index is 13.3. The van der Waals surface area contributed by atoms with E-state index in [1.54, 1.807) is 18.9 Å². The van der Waals surface area contributed by atoms with Crippen LogP contribution < -0.4 is 10.1 Å². The van der Waals surface area contributed by atoms with Gasteiger partial charge in [0.2, 0.25) is 0 Å². The van der Waals surface area contributed by atoms with Crippen molar-refractivity contribution in [2.24, 2.45) is 5.41 Å². The van der Waals surface area contributed by atoms with Gasteiger partial charge in [0.05, 0.1) is 29.7 Å². The van der Waals surface area contributed by atoms with E-state index in [9.17, 15) is 10.1 Å². The molecular formula is C26H25ClN2O2S. The van der Waals surface area contributed by atoms with Crippen LogP contribution in [0.1, 0.15) is 43.7 Å². The van der Waals surface area contributed by atoms with Gasteiger partial charge in [0.15, 0.2) is 5.78 Å². The number of thioether (sulfide) groups is 1. The molecule has 1 unspecified atom stereocenters. The van der Waals surface area contributed by atoms with Crippen LogP contribution in [0, 0.1) is 16.7 Å². The van der Waals surface area contributed by atoms with E-state index in [0.717, 1.165) is 39.6 Å². The van der Waals surface area contributed by atoms with Crippen LogP contribution in [-0.4, -0.2) is 12.9 Å². The monoisotopic (exact) mass is 464 g/mol. The summed E-state index contributed by atoms with van der Waals surface area (Å²) in [5.41, 5.74) is 4.16. The molecule has 0 amide bonds. The smallest absolute Gasteiger partial charge is 0.162 e. The van der Waals surface area contributed by atoms with Gasteiger partial charge in [-0.3, -0.25) is 4.79 Å². The lowest BCUT2D eigenvalue weighted by Gasteiger charge is -2.39. The lowest BCUT2D eigenvalue weighted by atomic mass is 9.69. The summed E-state index contributed by atoms with van der Waals surface area (Å²) in [7, 11) is 1.62. The Bertz CT molecular complexity index is 1140. The van der Waals surface area contributed by atoms with Crippen molar-refractivity contribution in [3.8, 4) is 11.8 Å². The van der Waals surface area contributed by atoms with Gasteiger partial charge >= 0.3 is 0 Å². The van der Waals surface area contributed by atoms with Crippen LogP contribution in [0.25, 0.3) is 0 Å². The Kier molecular flexibility index (Phi) is 6.37. The number of ether oxygens (including phenoxy) is 1. The van der Waals surface area contributed by atoms with Crippen LogP contribution in [0.2, 0.25) is 5.02 Å². The van der Waals surface area contributed by atoms with Crippen molar-refractivity contribution < 1.29 is 9.53 Å². The standard InChI is InChI=1S/C26H25ClN2O2S/c1-26(2)12-21-24(22(30)13-26)23(17-6-10-19(31-3)11-7-17)20(14-28)25(29-21)32-15-16-4-8-18(27)9-5-16/h4-11,23,29H,12-13,15H2,1-3H3. The van der Waals surface area contributed by atoms with Crippen LogP contribution in [0.4, 0.5) is 0 Å². The topological polar surface area (TPSA) is 62.1 Å². The maximum Gasteiger partial charge on any atom is 0.162 e. The molecule has 4 nitrogen and oxygen atoms in total. The Morgan fingerprint density at radius 2 is 1.84 bits per heavy atom. The molecule has 0 bridgehead atoms. The first-order chi connectivity index (χ1) is 15.3. The maximum atomic E-state index is 13.3. The van der Waals surface area contributed by atoms with Gasteiger partial charge in [-0.2, -0.15) is 5.26 Å². The van der Waals surface area contributed by atoms with E-state index in [0.29, 0.717) is 22.8 Å². The van der Waals surface area contributed by atoms with Crippen LogP contribution in [0.5, 0.6) is 5.75 Å². The summed E-state index contributed by atoms with van der Waals surface area (Å²) in [4.78, 5) is 13.3. The molecule has 32 heavy (non-hydrogen) atoms. The largest absolute Gasteiger partial charge is 0.497 e. The third-order valence-electron chi connectivity index (χ3n) is 5.87. The summed E-state index contributed by atoms with van der Waals surface area (Å²) in [6.45, 7) is 4.23. The van der Waals surface area contributed by atoms with Crippen molar-refractivity contribution in [3.63, 3.8) is 0 Å². The number of nitrogens with zero attached hydrogens (tertiary/aromatic N) is 1. The Balaban J connectivity index is 1.75. The molecule has 1 heterocycles. The van der Waals surface area contributed by atoms with E-state index in [-0.39, 0.29) is 17.1 Å². The normalized spacial score (nSPS) is 19.8. The summed E-state index contributed by atoms with van der Waals surface area (Å²) in [5.74, 6) is 1.17. The van der Waals surface area contributed by atoms with E-state index in [4.69, 9.17) is 16.3 Å². The zero-order valence-corrected chi connectivity index (χ0v) is 19.9. The third kappa shape index (κ3) is 4.57. The minimum atomic E-state index is -0.376. The number of hydrogen-bond donors (Lipinski definition) is 1. The Labute approximate surface area is 198 Å². The summed E-state index contributed by atoms with van der Waals surface area (Å²) in [6.07, 6.45) is 1.25. The summed E-state index contributed by atoms with van der Waals surface area (Å²) >= 11 is 7.60. The molecule has 2 aromatic rings. The number of halogens is 1. The van der Waals surface area contributed by atoms with Crippen LogP contribution in [0.3, 0.4) is 0 Å². The van der Waals surface area contributed by atoms with Crippen molar-refractivity contribution >= 4 is 29.1 Å². The number of Topliss-reactive ketones (excluding diaryl/α,β-unsaturated/α-hetero) is 1. The number of hydrogen-bond acceptors (Lipinski definition) is 5. The molecule has 0 radical (unpaired) electrons. The number of carbonyl (C=O) groups excluding carboxylic acids is 1. The molecule has 0 spiro atoms. The minimum absolute atomic E-state index is 0.110. The number of rotatable bonds is 5. The van der Waals surface area contributed by atoms with Crippen LogP contribution in [0.15, 0.2) is 70.4 Å². The Morgan fingerprint density at radius 3 is 2.47 bits per heavy atom. The van der Waals surface area contributed by atoms with Crippen LogP contribution >= 0.6 is 23.4 Å². The van der Waals surface area contributed by atoms with Gasteiger partial charge in [0, 0.05) is 28.5 Å². The molecule has 164 valence electrons. The molecule has 4 rings (SSSR count). The zero-order chi connectivity index (χ0) is 22.9. The molecular weight excluding hydrogens is 440 g/mol. The molecule has 2 aromatic carbocycles. The van der Waals surface area contributed by atoms with Gasteiger partial charge in [-0.15, -0.1) is 11.8 Å². The molecule has 2 aliphatic rings. The molecule has 6 heteroatoms. The first-order valence-corrected chi connectivity index (χ1v) is 11.9. The molecule has 1 aliphatic carbocycles. The van der Waals surface area contributed by atoms with Crippen LogP contribution in [-0.2, 0) is 10.5 Å². The first kappa shape index (κ1) is 22.5. The molecule has 0 saturated heterocycles. The lowest BCUT2D eigenvalue weighted by molar-refractivity contribution is -0.118. The molecule has 0 saturated carbocycles. The highest BCUT2D eigenvalue weighted by atomic mass is 35.5. The SMILES string of the molecule is COc1ccc(C2C(C#N)=C(SCc3ccc(Cl)cc3)NC3=C2C(=O)CC(C)(C)C3)cc1. The van der Waals surface area contributed by atoms with Gasteiger partial charge in [0.1, 0.15) is 5.75 Å². The van der Waals surface area contributed by atoms with Crippen molar-refractivity contribution in [1.29, 1.82) is 5.26 Å². The highest BCUT2D eigenvalue weighted by Crippen LogP contribution is 2.48. The highest BCUT2D eigenvalue weighted by molar-refractivity contribution is 8.02. The molecule has 1 atom stereocenters. The molecule has 1 aliphatic heterocycles. The number of benzene rings is 2. The van der Waals surface area contributed by atoms with E-state index in [1.807, 2.05) is 48.5 Å². The predicted molar refractivity (Wildman–Crippen MR) is 129 cm³/mol. The number of dihydropyridines is 1. The van der Waals surface area contributed by atoms with Gasteiger partial charge in [-0.05, 0) is 47.2 Å². The van der Waals surface area contributed by atoms with Crippen molar-refractivity contribution in [3.05, 3.63) is 86.6 Å². The average molecular weight is 465 g/mol. The fourth-order valence-corrected chi connectivity index (χ4v) is 5.50. The second kappa shape index (κ2) is 9.05. The number of ketones is 1. The minimum Gasteiger partial charge on any atom is -0.497 e. The molecule has 0 aromatic heterocycles. The second-order valence-electron chi connectivity index (χ2n) is 8.93. The lowest BCUT2D eigenvalue weighted by Crippen LogP contribution is -2.36. The van der Waals surface area contributed by atoms with Crippen molar-refractivity contribution in [2.45, 2.75) is 38.4 Å². The summed E-state index contributed by atoms with van der Waals surface area (Å²) in [5, 5.41) is 15.2. The second-order valence-corrected chi connectivity index (χ2v) is 10.4. The number of nitriles is 1. The highest BCUT2D eigenvalue weighted by Gasteiger charge is 2.41. The number of nitrogens with one attached hydrogen (secondary N) is 1. The van der Waals surface area contributed by atoms with Crippen molar-refractivity contribution in [1.82, 2.24) is 5.32 Å².